The van der Waals surface area contributed by atoms with Crippen LogP contribution in [0.1, 0.15) is 16.7 Å². The van der Waals surface area contributed by atoms with Crippen LogP contribution in [-0.4, -0.2) is 61.2 Å². The molecule has 2 heterocycles. The first-order valence-electron chi connectivity index (χ1n) is 10.8. The fraction of sp³-hybridized carbons (Fsp3) is 0.333. The van der Waals surface area contributed by atoms with Gasteiger partial charge in [0.2, 0.25) is 15.9 Å². The van der Waals surface area contributed by atoms with Crippen LogP contribution in [0.4, 0.5) is 4.39 Å². The van der Waals surface area contributed by atoms with E-state index in [4.69, 9.17) is 0 Å². The number of amides is 1. The number of carbonyl (C=O) groups excluding carboxylic acids is 1. The lowest BCUT2D eigenvalue weighted by atomic mass is 10.1. The van der Waals surface area contributed by atoms with Crippen LogP contribution < -0.4 is 5.32 Å². The molecule has 0 radical (unpaired) electrons. The van der Waals surface area contributed by atoms with Gasteiger partial charge in [-0.3, -0.25) is 14.7 Å². The maximum Gasteiger partial charge on any atom is 0.245 e. The van der Waals surface area contributed by atoms with Crippen LogP contribution in [0.2, 0.25) is 0 Å². The second kappa shape index (κ2) is 9.54. The number of piperazine rings is 1. The third-order valence-electron chi connectivity index (χ3n) is 5.85. The van der Waals surface area contributed by atoms with Crippen molar-refractivity contribution >= 4 is 26.8 Å². The van der Waals surface area contributed by atoms with Gasteiger partial charge in [0.05, 0.1) is 12.1 Å². The standard InChI is InChI=1S/C24H27FN4O3S/c1-17-12-20-4-3-5-22(24(20)27-14-17)33(31,32)29-10-8-28(9-11-29)16-23(30)26-15-19-7-6-18(2)21(25)13-19/h3-7,12-14H,8-11,15-16H2,1-2H3,(H,26,30). The first-order valence-corrected chi connectivity index (χ1v) is 12.3. The number of nitrogens with one attached hydrogen (secondary N) is 1. The van der Waals surface area contributed by atoms with Gasteiger partial charge < -0.3 is 5.32 Å². The number of rotatable bonds is 6. The molecule has 0 atom stereocenters. The quantitative estimate of drug-likeness (QED) is 0.599. The van der Waals surface area contributed by atoms with Gasteiger partial charge in [-0.15, -0.1) is 0 Å². The number of carbonyl (C=O) groups is 1. The molecule has 33 heavy (non-hydrogen) atoms. The summed E-state index contributed by atoms with van der Waals surface area (Å²) in [5.41, 5.74) is 2.70. The van der Waals surface area contributed by atoms with Crippen molar-refractivity contribution in [3.63, 3.8) is 0 Å². The topological polar surface area (TPSA) is 82.6 Å². The number of hydrogen-bond acceptors (Lipinski definition) is 5. The van der Waals surface area contributed by atoms with Crippen LogP contribution in [0.3, 0.4) is 0 Å². The van der Waals surface area contributed by atoms with E-state index in [1.54, 1.807) is 37.4 Å². The fourth-order valence-corrected chi connectivity index (χ4v) is 5.51. The van der Waals surface area contributed by atoms with Gasteiger partial charge in [0, 0.05) is 44.3 Å². The number of halogens is 1. The van der Waals surface area contributed by atoms with Crippen LogP contribution >= 0.6 is 0 Å². The summed E-state index contributed by atoms with van der Waals surface area (Å²) in [4.78, 5) is 18.8. The van der Waals surface area contributed by atoms with E-state index in [1.165, 1.54) is 10.4 Å². The minimum absolute atomic E-state index is 0.164. The molecule has 0 saturated carbocycles. The van der Waals surface area contributed by atoms with E-state index in [2.05, 4.69) is 10.3 Å². The number of sulfonamides is 1. The van der Waals surface area contributed by atoms with E-state index < -0.39 is 10.0 Å². The van der Waals surface area contributed by atoms with Gasteiger partial charge in [-0.05, 0) is 48.7 Å². The second-order valence-electron chi connectivity index (χ2n) is 8.38. The van der Waals surface area contributed by atoms with E-state index in [1.807, 2.05) is 24.0 Å². The Kier molecular flexibility index (Phi) is 6.73. The average molecular weight is 471 g/mol. The van der Waals surface area contributed by atoms with Gasteiger partial charge >= 0.3 is 0 Å². The third-order valence-corrected chi connectivity index (χ3v) is 7.78. The number of nitrogens with zero attached hydrogens (tertiary/aromatic N) is 3. The first kappa shape index (κ1) is 23.3. The smallest absolute Gasteiger partial charge is 0.245 e. The summed E-state index contributed by atoms with van der Waals surface area (Å²) in [5, 5.41) is 3.59. The lowest BCUT2D eigenvalue weighted by molar-refractivity contribution is -0.122. The molecule has 0 aliphatic carbocycles. The van der Waals surface area contributed by atoms with Gasteiger partial charge in [-0.25, -0.2) is 12.8 Å². The second-order valence-corrected chi connectivity index (χ2v) is 10.3. The maximum atomic E-state index is 13.7. The zero-order chi connectivity index (χ0) is 23.6. The lowest BCUT2D eigenvalue weighted by Crippen LogP contribution is -2.51. The van der Waals surface area contributed by atoms with E-state index in [9.17, 15) is 17.6 Å². The lowest BCUT2D eigenvalue weighted by Gasteiger charge is -2.33. The Morgan fingerprint density at radius 3 is 2.58 bits per heavy atom. The van der Waals surface area contributed by atoms with Crippen molar-refractivity contribution < 1.29 is 17.6 Å². The van der Waals surface area contributed by atoms with E-state index >= 15 is 0 Å². The molecule has 9 heteroatoms. The summed E-state index contributed by atoms with van der Waals surface area (Å²) in [6.45, 7) is 5.50. The zero-order valence-electron chi connectivity index (χ0n) is 18.7. The van der Waals surface area contributed by atoms with Gasteiger partial charge in [0.15, 0.2) is 0 Å². The van der Waals surface area contributed by atoms with Crippen LogP contribution in [-0.2, 0) is 21.4 Å². The van der Waals surface area contributed by atoms with Crippen molar-refractivity contribution in [2.45, 2.75) is 25.3 Å². The Morgan fingerprint density at radius 1 is 1.09 bits per heavy atom. The van der Waals surface area contributed by atoms with E-state index in [0.717, 1.165) is 10.9 Å². The summed E-state index contributed by atoms with van der Waals surface area (Å²) in [5.74, 6) is -0.475. The van der Waals surface area contributed by atoms with Crippen molar-refractivity contribution in [1.82, 2.24) is 19.5 Å². The highest BCUT2D eigenvalue weighted by Gasteiger charge is 2.30. The molecule has 1 fully saturated rings. The van der Waals surface area contributed by atoms with Crippen LogP contribution in [0.5, 0.6) is 0 Å². The predicted octanol–water partition coefficient (Wildman–Crippen LogP) is 2.61. The van der Waals surface area contributed by atoms with E-state index in [0.29, 0.717) is 42.8 Å². The molecule has 1 aromatic heterocycles. The number of benzene rings is 2. The van der Waals surface area contributed by atoms with Crippen LogP contribution in [0, 0.1) is 19.7 Å². The Bertz CT molecular complexity index is 1290. The highest BCUT2D eigenvalue weighted by molar-refractivity contribution is 7.89. The monoisotopic (exact) mass is 470 g/mol. The van der Waals surface area contributed by atoms with Gasteiger partial charge in [-0.1, -0.05) is 24.3 Å². The summed E-state index contributed by atoms with van der Waals surface area (Å²) in [6.07, 6.45) is 1.67. The van der Waals surface area contributed by atoms with Crippen molar-refractivity contribution in [3.05, 3.63) is 71.2 Å². The molecule has 3 aromatic rings. The fourth-order valence-electron chi connectivity index (χ4n) is 3.92. The molecule has 1 aliphatic heterocycles. The van der Waals surface area contributed by atoms with Crippen molar-refractivity contribution in [3.8, 4) is 0 Å². The summed E-state index contributed by atoms with van der Waals surface area (Å²) in [6, 6.07) is 12.0. The molecule has 7 nitrogen and oxygen atoms in total. The molecule has 174 valence electrons. The maximum absolute atomic E-state index is 13.7. The Hall–Kier alpha value is -2.88. The molecule has 1 saturated heterocycles. The predicted molar refractivity (Wildman–Crippen MR) is 125 cm³/mol. The van der Waals surface area contributed by atoms with Gasteiger partial charge in [-0.2, -0.15) is 4.31 Å². The van der Waals surface area contributed by atoms with Gasteiger partial charge in [0.25, 0.3) is 0 Å². The Morgan fingerprint density at radius 2 is 1.85 bits per heavy atom. The molecule has 1 N–H and O–H groups in total. The molecule has 1 amide bonds. The number of fused-ring (bicyclic) bond motifs is 1. The molecule has 1 aliphatic rings. The highest BCUT2D eigenvalue weighted by Crippen LogP contribution is 2.25. The Balaban J connectivity index is 1.34. The highest BCUT2D eigenvalue weighted by atomic mass is 32.2. The van der Waals surface area contributed by atoms with Crippen molar-refractivity contribution in [1.29, 1.82) is 0 Å². The number of aromatic nitrogens is 1. The summed E-state index contributed by atoms with van der Waals surface area (Å²) >= 11 is 0. The van der Waals surface area contributed by atoms with Crippen LogP contribution in [0.25, 0.3) is 10.9 Å². The average Bonchev–Trinajstić information content (AvgIpc) is 2.79. The molecular formula is C24H27FN4O3S. The summed E-state index contributed by atoms with van der Waals surface area (Å²) in [7, 11) is -3.70. The van der Waals surface area contributed by atoms with E-state index in [-0.39, 0.29) is 29.7 Å². The SMILES string of the molecule is Cc1cnc2c(S(=O)(=O)N3CCN(CC(=O)NCc4ccc(C)c(F)c4)CC3)cccc2c1. The first-order chi connectivity index (χ1) is 15.7. The molecule has 0 bridgehead atoms. The molecule has 4 rings (SSSR count). The normalized spacial score (nSPS) is 15.6. The Labute approximate surface area is 193 Å². The number of hydrogen-bond donors (Lipinski definition) is 1. The number of pyridine rings is 1. The summed E-state index contributed by atoms with van der Waals surface area (Å²) < 4.78 is 41.7. The number of para-hydroxylation sites is 1. The van der Waals surface area contributed by atoms with Crippen molar-refractivity contribution in [2.24, 2.45) is 0 Å². The number of aryl methyl sites for hydroxylation is 2. The molecule has 0 spiro atoms. The van der Waals surface area contributed by atoms with Crippen molar-refractivity contribution in [2.75, 3.05) is 32.7 Å². The molecular weight excluding hydrogens is 443 g/mol. The van der Waals surface area contributed by atoms with Crippen LogP contribution in [0.15, 0.2) is 53.6 Å². The molecule has 2 aromatic carbocycles. The largest absolute Gasteiger partial charge is 0.351 e. The molecule has 0 unspecified atom stereocenters. The zero-order valence-corrected chi connectivity index (χ0v) is 19.5. The third kappa shape index (κ3) is 5.21. The van der Waals surface area contributed by atoms with Gasteiger partial charge in [0.1, 0.15) is 10.7 Å². The minimum atomic E-state index is -3.70. The minimum Gasteiger partial charge on any atom is -0.351 e.